The van der Waals surface area contributed by atoms with Gasteiger partial charge in [-0.2, -0.15) is 0 Å². The monoisotopic (exact) mass is 347 g/mol. The third-order valence-electron chi connectivity index (χ3n) is 3.95. The van der Waals surface area contributed by atoms with E-state index in [0.29, 0.717) is 12.1 Å². The maximum Gasteiger partial charge on any atom is 0.234 e. The van der Waals surface area contributed by atoms with E-state index in [4.69, 9.17) is 0 Å². The molecule has 2 rings (SSSR count). The minimum absolute atomic E-state index is 0.0932. The Labute approximate surface area is 146 Å². The fraction of sp³-hybridized carbons (Fsp3) is 0.316. The van der Waals surface area contributed by atoms with Crippen LogP contribution in [0.5, 0.6) is 0 Å². The highest BCUT2D eigenvalue weighted by Gasteiger charge is 2.10. The van der Waals surface area contributed by atoms with Crippen molar-refractivity contribution in [3.05, 3.63) is 65.2 Å². The van der Waals surface area contributed by atoms with Gasteiger partial charge in [-0.1, -0.05) is 18.2 Å². The van der Waals surface area contributed by atoms with Gasteiger partial charge >= 0.3 is 0 Å². The smallest absolute Gasteiger partial charge is 0.234 e. The highest BCUT2D eigenvalue weighted by atomic mass is 19.2. The molecule has 0 aromatic heterocycles. The fourth-order valence-electron chi connectivity index (χ4n) is 2.32. The van der Waals surface area contributed by atoms with Crippen LogP contribution in [0.1, 0.15) is 24.1 Å². The maximum absolute atomic E-state index is 13.2. The number of halogens is 2. The summed E-state index contributed by atoms with van der Waals surface area (Å²) in [5, 5.41) is 5.82. The first-order chi connectivity index (χ1) is 11.9. The minimum atomic E-state index is -0.892. The second-order valence-corrected chi connectivity index (χ2v) is 6.11. The van der Waals surface area contributed by atoms with E-state index in [1.54, 1.807) is 6.92 Å². The lowest BCUT2D eigenvalue weighted by Crippen LogP contribution is -2.34. The average Bonchev–Trinajstić information content (AvgIpc) is 2.60. The Morgan fingerprint density at radius 3 is 2.36 bits per heavy atom. The summed E-state index contributed by atoms with van der Waals surface area (Å²) in [5.41, 5.74) is 2.69. The van der Waals surface area contributed by atoms with Gasteiger partial charge in [0, 0.05) is 32.4 Å². The fourth-order valence-corrected chi connectivity index (χ4v) is 2.32. The number of hydrogen-bond acceptors (Lipinski definition) is 3. The van der Waals surface area contributed by atoms with E-state index < -0.39 is 11.6 Å². The molecule has 1 amide bonds. The summed E-state index contributed by atoms with van der Waals surface area (Å²) in [7, 11) is 3.94. The topological polar surface area (TPSA) is 44.4 Å². The zero-order valence-electron chi connectivity index (χ0n) is 14.6. The van der Waals surface area contributed by atoms with Gasteiger partial charge in [-0.15, -0.1) is 0 Å². The van der Waals surface area contributed by atoms with Crippen LogP contribution in [-0.4, -0.2) is 26.5 Å². The zero-order valence-corrected chi connectivity index (χ0v) is 14.6. The van der Waals surface area contributed by atoms with Gasteiger partial charge < -0.3 is 15.5 Å². The van der Waals surface area contributed by atoms with Gasteiger partial charge in [0.1, 0.15) is 0 Å². The molecule has 4 nitrogen and oxygen atoms in total. The molecule has 0 aliphatic heterocycles. The van der Waals surface area contributed by atoms with Crippen molar-refractivity contribution in [3.63, 3.8) is 0 Å². The molecule has 2 aromatic rings. The predicted molar refractivity (Wildman–Crippen MR) is 95.4 cm³/mol. The summed E-state index contributed by atoms with van der Waals surface area (Å²) in [6.07, 6.45) is 0. The standard InChI is InChI=1S/C19H23F2N3O/c1-13(15-6-9-17(20)18(21)10-15)22-12-19(25)23-11-14-4-7-16(8-5-14)24(2)3/h4-10,13,22H,11-12H2,1-3H3,(H,23,25)/t13-/m1/s1. The van der Waals surface area contributed by atoms with Gasteiger partial charge in [0.2, 0.25) is 5.91 Å². The van der Waals surface area contributed by atoms with E-state index >= 15 is 0 Å². The Kier molecular flexibility index (Phi) is 6.47. The lowest BCUT2D eigenvalue weighted by molar-refractivity contribution is -0.120. The van der Waals surface area contributed by atoms with Crippen molar-refractivity contribution in [3.8, 4) is 0 Å². The second-order valence-electron chi connectivity index (χ2n) is 6.11. The van der Waals surface area contributed by atoms with Gasteiger partial charge in [0.15, 0.2) is 11.6 Å². The molecule has 0 fully saturated rings. The summed E-state index contributed by atoms with van der Waals surface area (Å²) in [5.74, 6) is -1.93. The van der Waals surface area contributed by atoms with Crippen molar-refractivity contribution in [2.75, 3.05) is 25.5 Å². The molecule has 0 radical (unpaired) electrons. The van der Waals surface area contributed by atoms with Crippen LogP contribution in [0.4, 0.5) is 14.5 Å². The SMILES string of the molecule is C[C@@H](NCC(=O)NCc1ccc(N(C)C)cc1)c1ccc(F)c(F)c1. The number of carbonyl (C=O) groups excluding carboxylic acids is 1. The van der Waals surface area contributed by atoms with Gasteiger partial charge in [-0.25, -0.2) is 8.78 Å². The van der Waals surface area contributed by atoms with Crippen molar-refractivity contribution in [2.24, 2.45) is 0 Å². The van der Waals surface area contributed by atoms with Gasteiger partial charge in [0.25, 0.3) is 0 Å². The number of anilines is 1. The molecule has 2 N–H and O–H groups in total. The van der Waals surface area contributed by atoms with Gasteiger partial charge in [0.05, 0.1) is 6.54 Å². The third kappa shape index (κ3) is 5.53. The third-order valence-corrected chi connectivity index (χ3v) is 3.95. The Morgan fingerprint density at radius 1 is 1.08 bits per heavy atom. The van der Waals surface area contributed by atoms with Crippen molar-refractivity contribution in [1.29, 1.82) is 0 Å². The number of nitrogens with one attached hydrogen (secondary N) is 2. The van der Waals surface area contributed by atoms with Crippen molar-refractivity contribution < 1.29 is 13.6 Å². The number of rotatable bonds is 7. The molecular formula is C19H23F2N3O. The normalized spacial score (nSPS) is 11.9. The molecule has 0 unspecified atom stereocenters. The molecule has 25 heavy (non-hydrogen) atoms. The van der Waals surface area contributed by atoms with Crippen molar-refractivity contribution in [2.45, 2.75) is 19.5 Å². The van der Waals surface area contributed by atoms with E-state index in [9.17, 15) is 13.6 Å². The first-order valence-electron chi connectivity index (χ1n) is 8.08. The number of nitrogens with zero attached hydrogens (tertiary/aromatic N) is 1. The van der Waals surface area contributed by atoms with Crippen LogP contribution in [0.2, 0.25) is 0 Å². The van der Waals surface area contributed by atoms with Crippen molar-refractivity contribution in [1.82, 2.24) is 10.6 Å². The van der Waals surface area contributed by atoms with E-state index in [0.717, 1.165) is 23.4 Å². The van der Waals surface area contributed by atoms with Crippen LogP contribution in [-0.2, 0) is 11.3 Å². The largest absolute Gasteiger partial charge is 0.378 e. The number of benzene rings is 2. The molecule has 0 saturated heterocycles. The Bertz CT molecular complexity index is 717. The van der Waals surface area contributed by atoms with E-state index in [-0.39, 0.29) is 18.5 Å². The Morgan fingerprint density at radius 2 is 1.76 bits per heavy atom. The zero-order chi connectivity index (χ0) is 18.4. The summed E-state index contributed by atoms with van der Waals surface area (Å²) < 4.78 is 26.2. The van der Waals surface area contributed by atoms with Crippen LogP contribution >= 0.6 is 0 Å². The first kappa shape index (κ1) is 18.9. The quantitative estimate of drug-likeness (QED) is 0.809. The summed E-state index contributed by atoms with van der Waals surface area (Å²) in [6, 6.07) is 11.4. The van der Waals surface area contributed by atoms with Crippen LogP contribution in [0.15, 0.2) is 42.5 Å². The molecule has 0 spiro atoms. The number of carbonyl (C=O) groups is 1. The molecule has 1 atom stereocenters. The molecule has 6 heteroatoms. The van der Waals surface area contributed by atoms with Crippen molar-refractivity contribution >= 4 is 11.6 Å². The number of hydrogen-bond donors (Lipinski definition) is 2. The summed E-state index contributed by atoms with van der Waals surface area (Å²) >= 11 is 0. The van der Waals surface area contributed by atoms with E-state index in [1.807, 2.05) is 43.3 Å². The molecule has 2 aromatic carbocycles. The molecule has 0 bridgehead atoms. The molecule has 0 aliphatic carbocycles. The lowest BCUT2D eigenvalue weighted by atomic mass is 10.1. The Balaban J connectivity index is 1.79. The van der Waals surface area contributed by atoms with Crippen LogP contribution in [0.3, 0.4) is 0 Å². The molecule has 0 heterocycles. The molecular weight excluding hydrogens is 324 g/mol. The predicted octanol–water partition coefficient (Wildman–Crippen LogP) is 3.00. The van der Waals surface area contributed by atoms with E-state index in [1.165, 1.54) is 6.07 Å². The summed E-state index contributed by atoms with van der Waals surface area (Å²) in [4.78, 5) is 13.9. The van der Waals surface area contributed by atoms with E-state index in [2.05, 4.69) is 10.6 Å². The minimum Gasteiger partial charge on any atom is -0.378 e. The van der Waals surface area contributed by atoms with Crippen LogP contribution < -0.4 is 15.5 Å². The van der Waals surface area contributed by atoms with Crippen LogP contribution in [0.25, 0.3) is 0 Å². The lowest BCUT2D eigenvalue weighted by Gasteiger charge is -2.15. The average molecular weight is 347 g/mol. The molecule has 0 saturated carbocycles. The molecule has 0 aliphatic rings. The Hall–Kier alpha value is -2.47. The molecule has 134 valence electrons. The van der Waals surface area contributed by atoms with Gasteiger partial charge in [-0.3, -0.25) is 4.79 Å². The van der Waals surface area contributed by atoms with Gasteiger partial charge in [-0.05, 0) is 42.3 Å². The number of amides is 1. The highest BCUT2D eigenvalue weighted by molar-refractivity contribution is 5.78. The first-order valence-corrected chi connectivity index (χ1v) is 8.08. The van der Waals surface area contributed by atoms with Crippen LogP contribution in [0, 0.1) is 11.6 Å². The highest BCUT2D eigenvalue weighted by Crippen LogP contribution is 2.15. The second kappa shape index (κ2) is 8.58. The maximum atomic E-state index is 13.2. The summed E-state index contributed by atoms with van der Waals surface area (Å²) in [6.45, 7) is 2.32.